The molecule has 0 unspecified atom stereocenters. The van der Waals surface area contributed by atoms with E-state index in [0.717, 1.165) is 0 Å². The quantitative estimate of drug-likeness (QED) is 0.606. The molecule has 0 saturated heterocycles. The molecule has 23 heavy (non-hydrogen) atoms. The summed E-state index contributed by atoms with van der Waals surface area (Å²) in [5.41, 5.74) is 0.338. The van der Waals surface area contributed by atoms with Crippen molar-refractivity contribution < 1.29 is 8.42 Å². The van der Waals surface area contributed by atoms with Gasteiger partial charge in [0.15, 0.2) is 0 Å². The third-order valence-corrected chi connectivity index (χ3v) is 4.55. The van der Waals surface area contributed by atoms with Crippen LogP contribution in [0.25, 0.3) is 0 Å². The van der Waals surface area contributed by atoms with Crippen LogP contribution in [0, 0.1) is 16.7 Å². The number of benzene rings is 1. The van der Waals surface area contributed by atoms with Crippen LogP contribution in [-0.4, -0.2) is 44.2 Å². The van der Waals surface area contributed by atoms with E-state index in [9.17, 15) is 8.42 Å². The minimum atomic E-state index is -3.81. The zero-order chi connectivity index (χ0) is 17.1. The topological polar surface area (TPSA) is 89.1 Å². The SMILES string of the molecule is CCN(C=NS(=O)(=O)c1ccc(C#N)cc1)N1CC(C)(C)C=N1. The Bertz CT molecular complexity index is 760. The highest BCUT2D eigenvalue weighted by Crippen LogP contribution is 2.21. The molecule has 1 aliphatic heterocycles. The fourth-order valence-electron chi connectivity index (χ4n) is 2.01. The molecule has 0 atom stereocenters. The highest BCUT2D eigenvalue weighted by Gasteiger charge is 2.27. The number of hydrazone groups is 1. The van der Waals surface area contributed by atoms with E-state index in [1.165, 1.54) is 30.6 Å². The molecule has 0 aliphatic carbocycles. The van der Waals surface area contributed by atoms with E-state index < -0.39 is 10.0 Å². The second-order valence-electron chi connectivity index (χ2n) is 5.85. The van der Waals surface area contributed by atoms with Gasteiger partial charge >= 0.3 is 0 Å². The van der Waals surface area contributed by atoms with Crippen LogP contribution in [0.15, 0.2) is 38.7 Å². The van der Waals surface area contributed by atoms with Crippen LogP contribution in [0.5, 0.6) is 0 Å². The minimum absolute atomic E-state index is 0.0501. The molecule has 1 heterocycles. The van der Waals surface area contributed by atoms with Crippen LogP contribution in [0.3, 0.4) is 0 Å². The van der Waals surface area contributed by atoms with Gasteiger partial charge < -0.3 is 0 Å². The molecule has 0 bridgehead atoms. The first-order valence-corrected chi connectivity index (χ1v) is 8.61. The van der Waals surface area contributed by atoms with E-state index in [1.807, 2.05) is 19.2 Å². The summed E-state index contributed by atoms with van der Waals surface area (Å²) in [6.07, 6.45) is 3.10. The molecular weight excluding hydrogens is 314 g/mol. The van der Waals surface area contributed by atoms with E-state index in [4.69, 9.17) is 5.26 Å². The molecule has 2 rings (SSSR count). The maximum Gasteiger partial charge on any atom is 0.283 e. The molecule has 1 aliphatic rings. The van der Waals surface area contributed by atoms with E-state index in [1.54, 1.807) is 10.1 Å². The van der Waals surface area contributed by atoms with Gasteiger partial charge in [-0.15, -0.1) is 4.40 Å². The van der Waals surface area contributed by atoms with Crippen LogP contribution >= 0.6 is 0 Å². The summed E-state index contributed by atoms with van der Waals surface area (Å²) in [4.78, 5) is 0.0501. The second kappa shape index (κ2) is 6.38. The monoisotopic (exact) mass is 333 g/mol. The van der Waals surface area contributed by atoms with Crippen molar-refractivity contribution in [1.29, 1.82) is 5.26 Å². The Kier molecular flexibility index (Phi) is 4.71. The average Bonchev–Trinajstić information content (AvgIpc) is 2.88. The average molecular weight is 333 g/mol. The number of sulfonamides is 1. The standard InChI is InChI=1S/C15H19N5O2S/c1-4-19(20-11-15(2,3)10-17-20)12-18-23(21,22)14-7-5-13(9-16)6-8-14/h5-8,10,12H,4,11H2,1-3H3. The van der Waals surface area contributed by atoms with Crippen molar-refractivity contribution in [3.8, 4) is 6.07 Å². The zero-order valence-electron chi connectivity index (χ0n) is 13.3. The Morgan fingerprint density at radius 1 is 1.43 bits per heavy atom. The molecule has 0 aromatic heterocycles. The van der Waals surface area contributed by atoms with Gasteiger partial charge in [-0.2, -0.15) is 18.8 Å². The molecule has 7 nitrogen and oxygen atoms in total. The molecule has 1 aromatic carbocycles. The van der Waals surface area contributed by atoms with Crippen molar-refractivity contribution in [1.82, 2.24) is 10.1 Å². The second-order valence-corrected chi connectivity index (χ2v) is 7.48. The molecule has 0 amide bonds. The van der Waals surface area contributed by atoms with Gasteiger partial charge in [-0.25, -0.2) is 5.12 Å². The largest absolute Gasteiger partial charge is 0.283 e. The predicted octanol–water partition coefficient (Wildman–Crippen LogP) is 1.84. The number of rotatable bonds is 5. The van der Waals surface area contributed by atoms with Gasteiger partial charge in [0, 0.05) is 18.2 Å². The fraction of sp³-hybridized carbons (Fsp3) is 0.400. The van der Waals surface area contributed by atoms with Gasteiger partial charge in [-0.3, -0.25) is 5.01 Å². The predicted molar refractivity (Wildman–Crippen MR) is 88.2 cm³/mol. The van der Waals surface area contributed by atoms with E-state index in [2.05, 4.69) is 23.3 Å². The van der Waals surface area contributed by atoms with Crippen LogP contribution in [0.4, 0.5) is 0 Å². The molecule has 8 heteroatoms. The summed E-state index contributed by atoms with van der Waals surface area (Å²) >= 11 is 0. The number of hydrogen-bond acceptors (Lipinski definition) is 5. The summed E-state index contributed by atoms with van der Waals surface area (Å²) < 4.78 is 28.2. The number of nitriles is 1. The van der Waals surface area contributed by atoms with Gasteiger partial charge in [0.05, 0.1) is 23.1 Å². The van der Waals surface area contributed by atoms with Gasteiger partial charge in [-0.1, -0.05) is 13.8 Å². The van der Waals surface area contributed by atoms with E-state index >= 15 is 0 Å². The summed E-state index contributed by atoms with van der Waals surface area (Å²) in [5, 5.41) is 16.4. The molecule has 0 N–H and O–H groups in total. The first kappa shape index (κ1) is 17.0. The Labute approximate surface area is 136 Å². The van der Waals surface area contributed by atoms with Crippen LogP contribution in [0.1, 0.15) is 26.3 Å². The highest BCUT2D eigenvalue weighted by molar-refractivity contribution is 7.90. The summed E-state index contributed by atoms with van der Waals surface area (Å²) in [6, 6.07) is 7.60. The van der Waals surface area contributed by atoms with Crippen molar-refractivity contribution in [3.63, 3.8) is 0 Å². The van der Waals surface area contributed by atoms with Crippen LogP contribution < -0.4 is 0 Å². The van der Waals surface area contributed by atoms with Crippen molar-refractivity contribution in [2.24, 2.45) is 14.9 Å². The molecule has 0 spiro atoms. The van der Waals surface area contributed by atoms with Gasteiger partial charge in [0.1, 0.15) is 6.34 Å². The summed E-state index contributed by atoms with van der Waals surface area (Å²) in [6.45, 7) is 7.19. The lowest BCUT2D eigenvalue weighted by molar-refractivity contribution is 0.0545. The molecule has 0 fully saturated rings. The Balaban J connectivity index is 2.16. The first-order valence-electron chi connectivity index (χ1n) is 7.17. The smallest absolute Gasteiger partial charge is 0.258 e. The van der Waals surface area contributed by atoms with Crippen molar-refractivity contribution >= 4 is 22.6 Å². The summed E-state index contributed by atoms with van der Waals surface area (Å²) in [5.74, 6) is 0. The third-order valence-electron chi connectivity index (χ3n) is 3.31. The normalized spacial score (nSPS) is 16.7. The Hall–Kier alpha value is -2.40. The molecule has 0 radical (unpaired) electrons. The summed E-state index contributed by atoms with van der Waals surface area (Å²) in [7, 11) is -3.81. The lowest BCUT2D eigenvalue weighted by atomic mass is 9.97. The molecule has 1 aromatic rings. The van der Waals surface area contributed by atoms with E-state index in [-0.39, 0.29) is 10.3 Å². The number of hydrogen-bond donors (Lipinski definition) is 0. The van der Waals surface area contributed by atoms with Crippen LogP contribution in [0.2, 0.25) is 0 Å². The van der Waals surface area contributed by atoms with Crippen LogP contribution in [-0.2, 0) is 10.0 Å². The van der Waals surface area contributed by atoms with Crippen molar-refractivity contribution in [2.75, 3.05) is 13.1 Å². The van der Waals surface area contributed by atoms with E-state index in [0.29, 0.717) is 18.7 Å². The minimum Gasteiger partial charge on any atom is -0.258 e. The highest BCUT2D eigenvalue weighted by atomic mass is 32.2. The van der Waals surface area contributed by atoms with Gasteiger partial charge in [0.2, 0.25) is 0 Å². The molecular formula is C15H19N5O2S. The van der Waals surface area contributed by atoms with Gasteiger partial charge in [0.25, 0.3) is 10.0 Å². The Morgan fingerprint density at radius 2 is 2.09 bits per heavy atom. The molecule has 122 valence electrons. The maximum atomic E-state index is 12.2. The lowest BCUT2D eigenvalue weighted by Gasteiger charge is -2.28. The number of nitrogens with zero attached hydrogens (tertiary/aromatic N) is 5. The maximum absolute atomic E-state index is 12.2. The third kappa shape index (κ3) is 4.07. The fourth-order valence-corrected chi connectivity index (χ4v) is 2.84. The Morgan fingerprint density at radius 3 is 2.57 bits per heavy atom. The lowest BCUT2D eigenvalue weighted by Crippen LogP contribution is -2.39. The number of hydrazine groups is 1. The van der Waals surface area contributed by atoms with Crippen molar-refractivity contribution in [2.45, 2.75) is 25.7 Å². The first-order chi connectivity index (χ1) is 10.8. The van der Waals surface area contributed by atoms with Crippen molar-refractivity contribution in [3.05, 3.63) is 29.8 Å². The molecule has 0 saturated carbocycles. The van der Waals surface area contributed by atoms with Gasteiger partial charge in [-0.05, 0) is 31.2 Å². The zero-order valence-corrected chi connectivity index (χ0v) is 14.2.